The van der Waals surface area contributed by atoms with Crippen molar-refractivity contribution in [1.29, 1.82) is 0 Å². The van der Waals surface area contributed by atoms with Crippen LogP contribution in [-0.4, -0.2) is 34.4 Å². The number of aliphatic hydroxyl groups is 2. The highest BCUT2D eigenvalue weighted by molar-refractivity contribution is 5.79. The van der Waals surface area contributed by atoms with Crippen LogP contribution in [0.15, 0.2) is 30.3 Å². The molecule has 3 N–H and O–H groups in total. The highest BCUT2D eigenvalue weighted by Crippen LogP contribution is 2.25. The smallest absolute Gasteiger partial charge is 0.226 e. The fraction of sp³-hybridized carbons (Fsp3) is 0.562. The van der Waals surface area contributed by atoms with Gasteiger partial charge in [0.25, 0.3) is 0 Å². The first-order valence-electron chi connectivity index (χ1n) is 7.28. The Hall–Kier alpha value is -1.39. The Morgan fingerprint density at radius 1 is 1.35 bits per heavy atom. The van der Waals surface area contributed by atoms with Crippen molar-refractivity contribution in [1.82, 2.24) is 5.32 Å². The van der Waals surface area contributed by atoms with E-state index in [1.165, 1.54) is 0 Å². The molecule has 1 amide bonds. The van der Waals surface area contributed by atoms with Crippen molar-refractivity contribution in [2.24, 2.45) is 5.92 Å². The van der Waals surface area contributed by atoms with Crippen LogP contribution in [0, 0.1) is 5.92 Å². The lowest BCUT2D eigenvalue weighted by atomic mass is 10.0. The van der Waals surface area contributed by atoms with Gasteiger partial charge in [0, 0.05) is 6.42 Å². The first-order chi connectivity index (χ1) is 9.58. The summed E-state index contributed by atoms with van der Waals surface area (Å²) in [4.78, 5) is 12.0. The highest BCUT2D eigenvalue weighted by Gasteiger charge is 2.32. The fourth-order valence-electron chi connectivity index (χ4n) is 2.71. The van der Waals surface area contributed by atoms with E-state index in [-0.39, 0.29) is 17.9 Å². The fourth-order valence-corrected chi connectivity index (χ4v) is 2.71. The van der Waals surface area contributed by atoms with Gasteiger partial charge in [-0.05, 0) is 31.7 Å². The Labute approximate surface area is 119 Å². The zero-order chi connectivity index (χ0) is 14.5. The molecule has 0 aliphatic heterocycles. The Morgan fingerprint density at radius 2 is 2.05 bits per heavy atom. The lowest BCUT2D eigenvalue weighted by Crippen LogP contribution is -2.46. The molecule has 4 heteroatoms. The van der Waals surface area contributed by atoms with Crippen LogP contribution in [0.1, 0.15) is 31.7 Å². The van der Waals surface area contributed by atoms with Gasteiger partial charge in [-0.25, -0.2) is 0 Å². The standard InChI is InChI=1S/C16H23NO3/c1-11(15(19)10-12-6-3-2-4-7-12)17-16(20)13-8-5-9-14(13)18/h2-4,6-7,11,13-15,18-19H,5,8-10H2,1H3,(H,17,20). The lowest BCUT2D eigenvalue weighted by Gasteiger charge is -2.23. The summed E-state index contributed by atoms with van der Waals surface area (Å²) in [6.07, 6.45) is 1.66. The zero-order valence-corrected chi connectivity index (χ0v) is 11.8. The summed E-state index contributed by atoms with van der Waals surface area (Å²) in [5.41, 5.74) is 1.04. The van der Waals surface area contributed by atoms with E-state index in [2.05, 4.69) is 5.32 Å². The van der Waals surface area contributed by atoms with Crippen LogP contribution in [-0.2, 0) is 11.2 Å². The average molecular weight is 277 g/mol. The largest absolute Gasteiger partial charge is 0.392 e. The molecular formula is C16H23NO3. The molecule has 1 saturated carbocycles. The van der Waals surface area contributed by atoms with Crippen molar-refractivity contribution in [2.45, 2.75) is 50.9 Å². The molecule has 0 aromatic heterocycles. The molecule has 110 valence electrons. The highest BCUT2D eigenvalue weighted by atomic mass is 16.3. The summed E-state index contributed by atoms with van der Waals surface area (Å²) in [5.74, 6) is -0.462. The van der Waals surface area contributed by atoms with Crippen LogP contribution < -0.4 is 5.32 Å². The Balaban J connectivity index is 1.84. The number of rotatable bonds is 5. The van der Waals surface area contributed by atoms with Gasteiger partial charge in [-0.2, -0.15) is 0 Å². The number of nitrogens with one attached hydrogen (secondary N) is 1. The summed E-state index contributed by atoms with van der Waals surface area (Å²) < 4.78 is 0. The molecule has 4 atom stereocenters. The third-order valence-corrected chi connectivity index (χ3v) is 4.05. The molecule has 1 aliphatic carbocycles. The van der Waals surface area contributed by atoms with Crippen LogP contribution in [0.3, 0.4) is 0 Å². The number of aliphatic hydroxyl groups excluding tert-OH is 2. The number of hydrogen-bond acceptors (Lipinski definition) is 3. The van der Waals surface area contributed by atoms with E-state index in [9.17, 15) is 15.0 Å². The van der Waals surface area contributed by atoms with E-state index in [1.54, 1.807) is 6.92 Å². The Kier molecular flexibility index (Phi) is 5.15. The normalized spacial score (nSPS) is 25.1. The van der Waals surface area contributed by atoms with Gasteiger partial charge in [-0.1, -0.05) is 30.3 Å². The summed E-state index contributed by atoms with van der Waals surface area (Å²) >= 11 is 0. The van der Waals surface area contributed by atoms with Crippen LogP contribution >= 0.6 is 0 Å². The van der Waals surface area contributed by atoms with Crippen LogP contribution in [0.2, 0.25) is 0 Å². The van der Waals surface area contributed by atoms with Gasteiger partial charge < -0.3 is 15.5 Å². The van der Waals surface area contributed by atoms with Gasteiger partial charge in [-0.15, -0.1) is 0 Å². The Morgan fingerprint density at radius 3 is 2.65 bits per heavy atom. The lowest BCUT2D eigenvalue weighted by molar-refractivity contribution is -0.128. The van der Waals surface area contributed by atoms with E-state index < -0.39 is 12.2 Å². The van der Waals surface area contributed by atoms with Crippen LogP contribution in [0.4, 0.5) is 0 Å². The van der Waals surface area contributed by atoms with Crippen LogP contribution in [0.5, 0.6) is 0 Å². The maximum absolute atomic E-state index is 12.0. The SMILES string of the molecule is CC(NC(=O)C1CCCC1O)C(O)Cc1ccccc1. The molecule has 1 aliphatic rings. The third kappa shape index (κ3) is 3.81. The molecule has 4 unspecified atom stereocenters. The molecule has 0 radical (unpaired) electrons. The summed E-state index contributed by atoms with van der Waals surface area (Å²) in [7, 11) is 0. The molecule has 0 heterocycles. The molecule has 1 fully saturated rings. The van der Waals surface area contributed by atoms with Gasteiger partial charge in [-0.3, -0.25) is 4.79 Å². The van der Waals surface area contributed by atoms with Gasteiger partial charge in [0.1, 0.15) is 0 Å². The minimum absolute atomic E-state index is 0.144. The van der Waals surface area contributed by atoms with Crippen molar-refractivity contribution in [3.8, 4) is 0 Å². The maximum Gasteiger partial charge on any atom is 0.226 e. The average Bonchev–Trinajstić information content (AvgIpc) is 2.86. The Bertz CT molecular complexity index is 435. The molecule has 1 aromatic rings. The summed E-state index contributed by atoms with van der Waals surface area (Å²) in [6.45, 7) is 1.80. The number of carbonyl (C=O) groups excluding carboxylic acids is 1. The number of benzene rings is 1. The van der Waals surface area contributed by atoms with Crippen molar-refractivity contribution in [3.63, 3.8) is 0 Å². The monoisotopic (exact) mass is 277 g/mol. The van der Waals surface area contributed by atoms with Crippen molar-refractivity contribution < 1.29 is 15.0 Å². The van der Waals surface area contributed by atoms with E-state index in [4.69, 9.17) is 0 Å². The molecule has 0 bridgehead atoms. The van der Waals surface area contributed by atoms with Gasteiger partial charge in [0.05, 0.1) is 24.2 Å². The number of amides is 1. The molecule has 1 aromatic carbocycles. The van der Waals surface area contributed by atoms with Gasteiger partial charge >= 0.3 is 0 Å². The van der Waals surface area contributed by atoms with Crippen molar-refractivity contribution in [2.75, 3.05) is 0 Å². The van der Waals surface area contributed by atoms with E-state index in [0.29, 0.717) is 12.8 Å². The molecular weight excluding hydrogens is 254 g/mol. The molecule has 2 rings (SSSR count). The molecule has 20 heavy (non-hydrogen) atoms. The summed E-state index contributed by atoms with van der Waals surface area (Å²) in [6, 6.07) is 9.38. The van der Waals surface area contributed by atoms with Gasteiger partial charge in [0.15, 0.2) is 0 Å². The third-order valence-electron chi connectivity index (χ3n) is 4.05. The number of carbonyl (C=O) groups is 1. The number of hydrogen-bond donors (Lipinski definition) is 3. The minimum Gasteiger partial charge on any atom is -0.392 e. The topological polar surface area (TPSA) is 69.6 Å². The van der Waals surface area contributed by atoms with Crippen LogP contribution in [0.25, 0.3) is 0 Å². The first kappa shape index (κ1) is 15.0. The van der Waals surface area contributed by atoms with E-state index >= 15 is 0 Å². The van der Waals surface area contributed by atoms with Crippen molar-refractivity contribution >= 4 is 5.91 Å². The van der Waals surface area contributed by atoms with Crippen molar-refractivity contribution in [3.05, 3.63) is 35.9 Å². The van der Waals surface area contributed by atoms with Gasteiger partial charge in [0.2, 0.25) is 5.91 Å². The maximum atomic E-state index is 12.0. The second-order valence-electron chi connectivity index (χ2n) is 5.66. The quantitative estimate of drug-likeness (QED) is 0.759. The molecule has 4 nitrogen and oxygen atoms in total. The second-order valence-corrected chi connectivity index (χ2v) is 5.66. The predicted octanol–water partition coefficient (Wildman–Crippen LogP) is 1.26. The van der Waals surface area contributed by atoms with E-state index in [1.807, 2.05) is 30.3 Å². The molecule has 0 spiro atoms. The minimum atomic E-state index is -0.625. The predicted molar refractivity (Wildman–Crippen MR) is 77.1 cm³/mol. The second kappa shape index (κ2) is 6.86. The zero-order valence-electron chi connectivity index (χ0n) is 11.8. The van der Waals surface area contributed by atoms with E-state index in [0.717, 1.165) is 18.4 Å². The molecule has 0 saturated heterocycles. The first-order valence-corrected chi connectivity index (χ1v) is 7.28. The summed E-state index contributed by atoms with van der Waals surface area (Å²) in [5, 5.41) is 22.7.